The van der Waals surface area contributed by atoms with E-state index in [4.69, 9.17) is 9.47 Å². The van der Waals surface area contributed by atoms with Gasteiger partial charge in [0.05, 0.1) is 20.3 Å². The SMILES string of the molecule is COc1cccc(C=CC(=O)NC(C)C(=O)N2CCOCC2)c1. The van der Waals surface area contributed by atoms with E-state index in [9.17, 15) is 9.59 Å². The van der Waals surface area contributed by atoms with Gasteiger partial charge in [-0.05, 0) is 30.7 Å². The first-order valence-corrected chi connectivity index (χ1v) is 7.59. The molecule has 124 valence electrons. The van der Waals surface area contributed by atoms with E-state index < -0.39 is 6.04 Å². The van der Waals surface area contributed by atoms with Crippen LogP contribution in [0.2, 0.25) is 0 Å². The van der Waals surface area contributed by atoms with E-state index in [0.717, 1.165) is 11.3 Å². The highest BCUT2D eigenvalue weighted by Crippen LogP contribution is 2.13. The number of methoxy groups -OCH3 is 1. The van der Waals surface area contributed by atoms with Gasteiger partial charge >= 0.3 is 0 Å². The van der Waals surface area contributed by atoms with Crippen molar-refractivity contribution in [1.29, 1.82) is 0 Å². The fourth-order valence-electron chi connectivity index (χ4n) is 2.30. The van der Waals surface area contributed by atoms with Crippen molar-refractivity contribution in [1.82, 2.24) is 10.2 Å². The van der Waals surface area contributed by atoms with Crippen molar-refractivity contribution in [2.45, 2.75) is 13.0 Å². The van der Waals surface area contributed by atoms with Crippen LogP contribution in [0.5, 0.6) is 5.75 Å². The molecular weight excluding hydrogens is 296 g/mol. The molecule has 1 atom stereocenters. The third-order valence-corrected chi connectivity index (χ3v) is 3.57. The van der Waals surface area contributed by atoms with E-state index in [0.29, 0.717) is 26.3 Å². The van der Waals surface area contributed by atoms with Gasteiger partial charge in [-0.3, -0.25) is 9.59 Å². The molecule has 2 rings (SSSR count). The Kier molecular flexibility index (Phi) is 6.17. The molecule has 23 heavy (non-hydrogen) atoms. The van der Waals surface area contributed by atoms with Gasteiger partial charge in [-0.2, -0.15) is 0 Å². The lowest BCUT2D eigenvalue weighted by molar-refractivity contribution is -0.138. The molecule has 2 amide bonds. The highest BCUT2D eigenvalue weighted by molar-refractivity contribution is 5.95. The van der Waals surface area contributed by atoms with E-state index >= 15 is 0 Å². The van der Waals surface area contributed by atoms with Crippen molar-refractivity contribution < 1.29 is 19.1 Å². The number of amides is 2. The number of benzene rings is 1. The van der Waals surface area contributed by atoms with Gasteiger partial charge in [-0.15, -0.1) is 0 Å². The molecule has 0 bridgehead atoms. The van der Waals surface area contributed by atoms with Crippen molar-refractivity contribution in [2.75, 3.05) is 33.4 Å². The maximum atomic E-state index is 12.2. The van der Waals surface area contributed by atoms with E-state index in [1.807, 2.05) is 24.3 Å². The highest BCUT2D eigenvalue weighted by atomic mass is 16.5. The largest absolute Gasteiger partial charge is 0.497 e. The molecule has 1 aliphatic heterocycles. The van der Waals surface area contributed by atoms with E-state index in [1.54, 1.807) is 25.0 Å². The lowest BCUT2D eigenvalue weighted by atomic mass is 10.2. The topological polar surface area (TPSA) is 67.9 Å². The maximum absolute atomic E-state index is 12.2. The van der Waals surface area contributed by atoms with Crippen LogP contribution in [-0.4, -0.2) is 56.2 Å². The van der Waals surface area contributed by atoms with Crippen LogP contribution >= 0.6 is 0 Å². The zero-order chi connectivity index (χ0) is 16.7. The predicted molar refractivity (Wildman–Crippen MR) is 87.0 cm³/mol. The molecule has 1 unspecified atom stereocenters. The molecule has 6 nitrogen and oxygen atoms in total. The van der Waals surface area contributed by atoms with Crippen LogP contribution in [-0.2, 0) is 14.3 Å². The van der Waals surface area contributed by atoms with Gasteiger partial charge in [0.15, 0.2) is 0 Å². The molecule has 1 fully saturated rings. The van der Waals surface area contributed by atoms with Crippen LogP contribution in [0.1, 0.15) is 12.5 Å². The molecule has 1 N–H and O–H groups in total. The van der Waals surface area contributed by atoms with Crippen LogP contribution in [0, 0.1) is 0 Å². The van der Waals surface area contributed by atoms with Gasteiger partial charge in [0.2, 0.25) is 11.8 Å². The molecule has 0 saturated carbocycles. The smallest absolute Gasteiger partial charge is 0.245 e. The molecule has 0 spiro atoms. The van der Waals surface area contributed by atoms with Gasteiger partial charge in [0.1, 0.15) is 11.8 Å². The summed E-state index contributed by atoms with van der Waals surface area (Å²) in [7, 11) is 1.59. The van der Waals surface area contributed by atoms with Crippen molar-refractivity contribution in [2.24, 2.45) is 0 Å². The zero-order valence-electron chi connectivity index (χ0n) is 13.5. The molecule has 0 radical (unpaired) electrons. The van der Waals surface area contributed by atoms with Crippen LogP contribution in [0.3, 0.4) is 0 Å². The van der Waals surface area contributed by atoms with Gasteiger partial charge in [-0.1, -0.05) is 12.1 Å². The van der Waals surface area contributed by atoms with Crippen molar-refractivity contribution in [3.05, 3.63) is 35.9 Å². The maximum Gasteiger partial charge on any atom is 0.245 e. The predicted octanol–water partition coefficient (Wildman–Crippen LogP) is 1.07. The average molecular weight is 318 g/mol. The van der Waals surface area contributed by atoms with Gasteiger partial charge < -0.3 is 19.7 Å². The van der Waals surface area contributed by atoms with Gasteiger partial charge in [0, 0.05) is 19.2 Å². The number of nitrogens with zero attached hydrogens (tertiary/aromatic N) is 1. The summed E-state index contributed by atoms with van der Waals surface area (Å²) in [5.74, 6) is 0.335. The quantitative estimate of drug-likeness (QED) is 0.825. The van der Waals surface area contributed by atoms with E-state index in [1.165, 1.54) is 6.08 Å². The second-order valence-corrected chi connectivity index (χ2v) is 5.28. The third kappa shape index (κ3) is 5.10. The normalized spacial score (nSPS) is 16.2. The molecule has 1 saturated heterocycles. The van der Waals surface area contributed by atoms with Crippen LogP contribution in [0.15, 0.2) is 30.3 Å². The first kappa shape index (κ1) is 17.0. The summed E-state index contributed by atoms with van der Waals surface area (Å²) in [5, 5.41) is 2.69. The zero-order valence-corrected chi connectivity index (χ0v) is 13.5. The van der Waals surface area contributed by atoms with Crippen molar-refractivity contribution in [3.63, 3.8) is 0 Å². The summed E-state index contributed by atoms with van der Waals surface area (Å²) in [6.07, 6.45) is 3.10. The number of carbonyl (C=O) groups excluding carboxylic acids is 2. The number of rotatable bonds is 5. The standard InChI is InChI=1S/C17H22N2O4/c1-13(17(21)19-8-10-23-11-9-19)18-16(20)7-6-14-4-3-5-15(12-14)22-2/h3-7,12-13H,8-11H2,1-2H3,(H,18,20). The molecule has 0 aromatic heterocycles. The Morgan fingerprint density at radius 3 is 2.78 bits per heavy atom. The summed E-state index contributed by atoms with van der Waals surface area (Å²) in [6.45, 7) is 3.91. The first-order valence-electron chi connectivity index (χ1n) is 7.59. The Hall–Kier alpha value is -2.34. The highest BCUT2D eigenvalue weighted by Gasteiger charge is 2.22. The van der Waals surface area contributed by atoms with Gasteiger partial charge in [0.25, 0.3) is 0 Å². The van der Waals surface area contributed by atoms with Crippen LogP contribution in [0.25, 0.3) is 6.08 Å². The summed E-state index contributed by atoms with van der Waals surface area (Å²) >= 11 is 0. The Morgan fingerprint density at radius 1 is 1.35 bits per heavy atom. The lowest BCUT2D eigenvalue weighted by Gasteiger charge is -2.29. The second-order valence-electron chi connectivity index (χ2n) is 5.28. The first-order chi connectivity index (χ1) is 11.1. The molecule has 1 aromatic carbocycles. The molecule has 1 aromatic rings. The van der Waals surface area contributed by atoms with Crippen molar-refractivity contribution in [3.8, 4) is 5.75 Å². The molecular formula is C17H22N2O4. The summed E-state index contributed by atoms with van der Waals surface area (Å²) in [5.41, 5.74) is 0.853. The molecule has 1 aliphatic rings. The molecule has 1 heterocycles. The Labute approximate surface area is 136 Å². The minimum atomic E-state index is -0.560. The number of nitrogens with one attached hydrogen (secondary N) is 1. The summed E-state index contributed by atoms with van der Waals surface area (Å²) in [4.78, 5) is 25.9. The van der Waals surface area contributed by atoms with Gasteiger partial charge in [-0.25, -0.2) is 0 Å². The average Bonchev–Trinajstić information content (AvgIpc) is 2.60. The lowest BCUT2D eigenvalue weighted by Crippen LogP contribution is -2.50. The monoisotopic (exact) mass is 318 g/mol. The van der Waals surface area contributed by atoms with E-state index in [-0.39, 0.29) is 11.8 Å². The Balaban J connectivity index is 1.87. The number of carbonyl (C=O) groups is 2. The summed E-state index contributed by atoms with van der Waals surface area (Å²) in [6, 6.07) is 6.82. The number of ether oxygens (including phenoxy) is 2. The number of hydrogen-bond acceptors (Lipinski definition) is 4. The Bertz CT molecular complexity index is 580. The Morgan fingerprint density at radius 2 is 2.09 bits per heavy atom. The van der Waals surface area contributed by atoms with Crippen LogP contribution in [0.4, 0.5) is 0 Å². The minimum Gasteiger partial charge on any atom is -0.497 e. The minimum absolute atomic E-state index is 0.0866. The molecule has 0 aliphatic carbocycles. The fraction of sp³-hybridized carbons (Fsp3) is 0.412. The molecule has 6 heteroatoms. The third-order valence-electron chi connectivity index (χ3n) is 3.57. The van der Waals surface area contributed by atoms with E-state index in [2.05, 4.69) is 5.32 Å². The van der Waals surface area contributed by atoms with Crippen molar-refractivity contribution >= 4 is 17.9 Å². The number of hydrogen-bond donors (Lipinski definition) is 1. The van der Waals surface area contributed by atoms with Crippen LogP contribution < -0.4 is 10.1 Å². The summed E-state index contributed by atoms with van der Waals surface area (Å²) < 4.78 is 10.3. The fourth-order valence-corrected chi connectivity index (χ4v) is 2.30. The number of morpholine rings is 1. The second kappa shape index (κ2) is 8.33.